The topological polar surface area (TPSA) is 38.9 Å². The van der Waals surface area contributed by atoms with E-state index in [-0.39, 0.29) is 5.82 Å². The number of rotatable bonds is 3. The molecule has 0 fully saturated rings. The Morgan fingerprint density at radius 2 is 1.95 bits per heavy atom. The summed E-state index contributed by atoms with van der Waals surface area (Å²) < 4.78 is 14.0. The highest BCUT2D eigenvalue weighted by atomic mass is 32.1. The van der Waals surface area contributed by atoms with Gasteiger partial charge in [0.25, 0.3) is 0 Å². The van der Waals surface area contributed by atoms with Gasteiger partial charge in [0.05, 0.1) is 15.2 Å². The number of aromatic nitrogens is 1. The van der Waals surface area contributed by atoms with Gasteiger partial charge in [-0.2, -0.15) is 0 Å². The molecule has 2 nitrogen and oxygen atoms in total. The van der Waals surface area contributed by atoms with Crippen LogP contribution in [-0.2, 0) is 12.8 Å². The number of nitrogens with two attached hydrogens (primary N) is 1. The Bertz CT molecular complexity index is 721. The van der Waals surface area contributed by atoms with Crippen molar-refractivity contribution in [1.82, 2.24) is 4.98 Å². The number of nitrogens with zero attached hydrogens (tertiary/aromatic N) is 1. The number of nitrogen functional groups attached to an aromatic ring is 1. The molecule has 3 rings (SSSR count). The Kier molecular flexibility index (Phi) is 3.17. The quantitative estimate of drug-likeness (QED) is 0.736. The second-order valence-corrected chi connectivity index (χ2v) is 5.53. The second kappa shape index (κ2) is 4.97. The monoisotopic (exact) mass is 272 g/mol. The molecule has 1 heterocycles. The number of hydrogen-bond acceptors (Lipinski definition) is 3. The van der Waals surface area contributed by atoms with Gasteiger partial charge >= 0.3 is 0 Å². The Morgan fingerprint density at radius 3 is 2.79 bits per heavy atom. The van der Waals surface area contributed by atoms with E-state index in [1.807, 2.05) is 24.3 Å². The number of aryl methyl sites for hydroxylation is 2. The molecule has 3 aromatic rings. The first-order chi connectivity index (χ1) is 9.22. The fourth-order valence-electron chi connectivity index (χ4n) is 2.06. The van der Waals surface area contributed by atoms with Crippen LogP contribution in [0.25, 0.3) is 10.2 Å². The van der Waals surface area contributed by atoms with Crippen molar-refractivity contribution >= 4 is 27.2 Å². The van der Waals surface area contributed by atoms with E-state index in [9.17, 15) is 4.39 Å². The normalized spacial score (nSPS) is 11.0. The summed E-state index contributed by atoms with van der Waals surface area (Å²) in [6, 6.07) is 12.6. The van der Waals surface area contributed by atoms with Crippen LogP contribution in [0.3, 0.4) is 0 Å². The van der Waals surface area contributed by atoms with E-state index in [2.05, 4.69) is 4.98 Å². The number of fused-ring (bicyclic) bond motifs is 1. The smallest absolute Gasteiger partial charge is 0.124 e. The molecule has 1 aromatic heterocycles. The van der Waals surface area contributed by atoms with Crippen LogP contribution < -0.4 is 5.73 Å². The van der Waals surface area contributed by atoms with Crippen LogP contribution in [0.1, 0.15) is 10.6 Å². The van der Waals surface area contributed by atoms with Crippen molar-refractivity contribution in [3.63, 3.8) is 0 Å². The largest absolute Gasteiger partial charge is 0.399 e. The first-order valence-corrected chi connectivity index (χ1v) is 6.92. The van der Waals surface area contributed by atoms with E-state index in [0.717, 1.165) is 39.3 Å². The molecule has 0 aliphatic rings. The summed E-state index contributed by atoms with van der Waals surface area (Å²) in [6.07, 6.45) is 1.68. The van der Waals surface area contributed by atoms with Crippen molar-refractivity contribution < 1.29 is 4.39 Å². The zero-order valence-electron chi connectivity index (χ0n) is 10.3. The summed E-state index contributed by atoms with van der Waals surface area (Å²) in [5, 5.41) is 1.02. The molecule has 96 valence electrons. The van der Waals surface area contributed by atoms with E-state index >= 15 is 0 Å². The molecule has 0 unspecified atom stereocenters. The van der Waals surface area contributed by atoms with Crippen LogP contribution in [0.4, 0.5) is 10.1 Å². The predicted molar refractivity (Wildman–Crippen MR) is 77.8 cm³/mol. The summed E-state index contributed by atoms with van der Waals surface area (Å²) in [7, 11) is 0. The van der Waals surface area contributed by atoms with Gasteiger partial charge in [-0.25, -0.2) is 9.37 Å². The molecular weight excluding hydrogens is 259 g/mol. The van der Waals surface area contributed by atoms with E-state index in [1.54, 1.807) is 17.4 Å². The van der Waals surface area contributed by atoms with Crippen molar-refractivity contribution in [3.05, 3.63) is 58.9 Å². The maximum absolute atomic E-state index is 13.1. The second-order valence-electron chi connectivity index (χ2n) is 4.42. The molecule has 0 atom stereocenters. The molecule has 0 saturated carbocycles. The third-order valence-corrected chi connectivity index (χ3v) is 4.14. The molecular formula is C15H13FN2S. The van der Waals surface area contributed by atoms with E-state index in [1.165, 1.54) is 12.1 Å². The van der Waals surface area contributed by atoms with Gasteiger partial charge in [0.1, 0.15) is 5.82 Å². The number of para-hydroxylation sites is 1. The Balaban J connectivity index is 1.80. The zero-order valence-corrected chi connectivity index (χ0v) is 11.1. The van der Waals surface area contributed by atoms with Crippen molar-refractivity contribution in [2.75, 3.05) is 5.73 Å². The number of hydrogen-bond donors (Lipinski definition) is 1. The minimum Gasteiger partial charge on any atom is -0.399 e. The third-order valence-electron chi connectivity index (χ3n) is 3.06. The van der Waals surface area contributed by atoms with Crippen molar-refractivity contribution in [2.24, 2.45) is 0 Å². The summed E-state index contributed by atoms with van der Waals surface area (Å²) >= 11 is 1.54. The summed E-state index contributed by atoms with van der Waals surface area (Å²) in [5.41, 5.74) is 8.72. The molecule has 2 N–H and O–H groups in total. The molecule has 0 bridgehead atoms. The lowest BCUT2D eigenvalue weighted by Crippen LogP contribution is -1.96. The van der Waals surface area contributed by atoms with Gasteiger partial charge in [0.2, 0.25) is 0 Å². The maximum atomic E-state index is 13.1. The standard InChI is InChI=1S/C15H13FN2S/c16-11-6-7-13-14(9-11)19-15(18-13)8-5-10-3-1-2-4-12(10)17/h1-4,6-7,9H,5,8,17H2. The SMILES string of the molecule is Nc1ccccc1CCc1nc2ccc(F)cc2s1. The van der Waals surface area contributed by atoms with Gasteiger partial charge in [0.15, 0.2) is 0 Å². The van der Waals surface area contributed by atoms with Crippen molar-refractivity contribution in [1.29, 1.82) is 0 Å². The van der Waals surface area contributed by atoms with Gasteiger partial charge in [-0.1, -0.05) is 18.2 Å². The Hall–Kier alpha value is -1.94. The highest BCUT2D eigenvalue weighted by Crippen LogP contribution is 2.24. The first-order valence-electron chi connectivity index (χ1n) is 6.11. The minimum absolute atomic E-state index is 0.213. The Labute approximate surface area is 114 Å². The molecule has 2 aromatic carbocycles. The van der Waals surface area contributed by atoms with E-state index in [0.29, 0.717) is 0 Å². The van der Waals surface area contributed by atoms with Gasteiger partial charge in [0, 0.05) is 12.1 Å². The summed E-state index contributed by atoms with van der Waals surface area (Å²) in [6.45, 7) is 0. The van der Waals surface area contributed by atoms with Crippen LogP contribution in [0.15, 0.2) is 42.5 Å². The van der Waals surface area contributed by atoms with Crippen LogP contribution >= 0.6 is 11.3 Å². The number of benzene rings is 2. The molecule has 0 spiro atoms. The maximum Gasteiger partial charge on any atom is 0.124 e. The van der Waals surface area contributed by atoms with Crippen LogP contribution in [-0.4, -0.2) is 4.98 Å². The zero-order chi connectivity index (χ0) is 13.2. The van der Waals surface area contributed by atoms with Gasteiger partial charge < -0.3 is 5.73 Å². The highest BCUT2D eigenvalue weighted by molar-refractivity contribution is 7.18. The average Bonchev–Trinajstić information content (AvgIpc) is 2.79. The summed E-state index contributed by atoms with van der Waals surface area (Å²) in [4.78, 5) is 4.51. The molecule has 19 heavy (non-hydrogen) atoms. The number of thiazole rings is 1. The third kappa shape index (κ3) is 2.58. The van der Waals surface area contributed by atoms with Crippen LogP contribution in [0.2, 0.25) is 0 Å². The Morgan fingerprint density at radius 1 is 1.11 bits per heavy atom. The van der Waals surface area contributed by atoms with E-state index < -0.39 is 0 Å². The number of anilines is 1. The average molecular weight is 272 g/mol. The van der Waals surface area contributed by atoms with Crippen molar-refractivity contribution in [2.45, 2.75) is 12.8 Å². The van der Waals surface area contributed by atoms with Gasteiger partial charge in [-0.05, 0) is 36.2 Å². The fourth-order valence-corrected chi connectivity index (χ4v) is 3.05. The minimum atomic E-state index is -0.213. The van der Waals surface area contributed by atoms with Crippen molar-refractivity contribution in [3.8, 4) is 0 Å². The lowest BCUT2D eigenvalue weighted by Gasteiger charge is -2.02. The van der Waals surface area contributed by atoms with Crippen LogP contribution in [0.5, 0.6) is 0 Å². The first kappa shape index (κ1) is 12.1. The van der Waals surface area contributed by atoms with Gasteiger partial charge in [-0.15, -0.1) is 11.3 Å². The van der Waals surface area contributed by atoms with Gasteiger partial charge in [-0.3, -0.25) is 0 Å². The number of halogens is 1. The lowest BCUT2D eigenvalue weighted by molar-refractivity contribution is 0.630. The highest BCUT2D eigenvalue weighted by Gasteiger charge is 2.06. The predicted octanol–water partition coefficient (Wildman–Crippen LogP) is 3.80. The van der Waals surface area contributed by atoms with Crippen LogP contribution in [0, 0.1) is 5.82 Å². The molecule has 0 amide bonds. The fraction of sp³-hybridized carbons (Fsp3) is 0.133. The lowest BCUT2D eigenvalue weighted by atomic mass is 10.1. The molecule has 0 aliphatic heterocycles. The molecule has 4 heteroatoms. The molecule has 0 radical (unpaired) electrons. The van der Waals surface area contributed by atoms with E-state index in [4.69, 9.17) is 5.73 Å². The summed E-state index contributed by atoms with van der Waals surface area (Å²) in [5.74, 6) is -0.213. The molecule has 0 saturated heterocycles. The molecule has 0 aliphatic carbocycles.